The van der Waals surface area contributed by atoms with Crippen LogP contribution in [0.1, 0.15) is 18.9 Å². The lowest BCUT2D eigenvalue weighted by Crippen LogP contribution is -2.03. The van der Waals surface area contributed by atoms with Crippen molar-refractivity contribution in [2.75, 3.05) is 5.73 Å². The van der Waals surface area contributed by atoms with E-state index < -0.39 is 0 Å². The number of para-hydroxylation sites is 3. The van der Waals surface area contributed by atoms with Gasteiger partial charge in [0.1, 0.15) is 0 Å². The van der Waals surface area contributed by atoms with Gasteiger partial charge in [0.25, 0.3) is 0 Å². The number of benzene rings is 2. The van der Waals surface area contributed by atoms with Crippen molar-refractivity contribution in [1.29, 1.82) is 0 Å². The fourth-order valence-corrected chi connectivity index (χ4v) is 2.51. The van der Waals surface area contributed by atoms with Crippen LogP contribution in [-0.2, 0) is 6.42 Å². The third kappa shape index (κ3) is 1.97. The summed E-state index contributed by atoms with van der Waals surface area (Å²) < 4.78 is 2.04. The Labute approximate surface area is 112 Å². The van der Waals surface area contributed by atoms with Crippen LogP contribution in [0.25, 0.3) is 16.7 Å². The van der Waals surface area contributed by atoms with E-state index in [1.54, 1.807) is 0 Å². The molecule has 0 aliphatic rings. The van der Waals surface area contributed by atoms with Crippen LogP contribution in [-0.4, -0.2) is 9.55 Å². The molecule has 3 nitrogen and oxygen atoms in total. The second-order valence-electron chi connectivity index (χ2n) is 4.67. The average Bonchev–Trinajstić information content (AvgIpc) is 2.76. The molecule has 2 N–H and O–H groups in total. The molecule has 0 saturated heterocycles. The highest BCUT2D eigenvalue weighted by Gasteiger charge is 2.11. The minimum absolute atomic E-state index is 0.546. The van der Waals surface area contributed by atoms with Crippen molar-refractivity contribution in [1.82, 2.24) is 9.55 Å². The number of hydrogen-bond donors (Lipinski definition) is 1. The van der Waals surface area contributed by atoms with Crippen LogP contribution in [0.3, 0.4) is 0 Å². The Morgan fingerprint density at radius 1 is 1.05 bits per heavy atom. The van der Waals surface area contributed by atoms with E-state index in [-0.39, 0.29) is 0 Å². The van der Waals surface area contributed by atoms with Gasteiger partial charge in [0.2, 0.25) is 5.95 Å². The number of nitrogens with two attached hydrogens (primary N) is 1. The molecule has 1 heterocycles. The zero-order chi connectivity index (χ0) is 13.2. The third-order valence-corrected chi connectivity index (χ3v) is 3.34. The molecule has 3 heteroatoms. The number of aromatic nitrogens is 2. The number of fused-ring (bicyclic) bond motifs is 1. The predicted molar refractivity (Wildman–Crippen MR) is 79.5 cm³/mol. The van der Waals surface area contributed by atoms with Crippen LogP contribution < -0.4 is 5.73 Å². The largest absolute Gasteiger partial charge is 0.369 e. The average molecular weight is 251 g/mol. The van der Waals surface area contributed by atoms with Gasteiger partial charge in [-0.25, -0.2) is 4.98 Å². The lowest BCUT2D eigenvalue weighted by molar-refractivity contribution is 0.905. The van der Waals surface area contributed by atoms with Gasteiger partial charge in [0.15, 0.2) is 0 Å². The van der Waals surface area contributed by atoms with Gasteiger partial charge in [-0.3, -0.25) is 4.57 Å². The smallest absolute Gasteiger partial charge is 0.205 e. The van der Waals surface area contributed by atoms with E-state index in [1.165, 1.54) is 5.56 Å². The number of aryl methyl sites for hydroxylation is 1. The van der Waals surface area contributed by atoms with Gasteiger partial charge in [-0.05, 0) is 30.2 Å². The Morgan fingerprint density at radius 3 is 2.63 bits per heavy atom. The monoisotopic (exact) mass is 251 g/mol. The van der Waals surface area contributed by atoms with Gasteiger partial charge >= 0.3 is 0 Å². The Kier molecular flexibility index (Phi) is 2.95. The first-order chi connectivity index (χ1) is 9.31. The van der Waals surface area contributed by atoms with Gasteiger partial charge in [0, 0.05) is 0 Å². The van der Waals surface area contributed by atoms with E-state index >= 15 is 0 Å². The molecule has 0 saturated carbocycles. The molecule has 0 unspecified atom stereocenters. The highest BCUT2D eigenvalue weighted by Crippen LogP contribution is 2.25. The third-order valence-electron chi connectivity index (χ3n) is 3.34. The molecule has 0 spiro atoms. The summed E-state index contributed by atoms with van der Waals surface area (Å²) in [5.41, 5.74) is 10.5. The summed E-state index contributed by atoms with van der Waals surface area (Å²) in [4.78, 5) is 4.43. The maximum Gasteiger partial charge on any atom is 0.205 e. The van der Waals surface area contributed by atoms with E-state index in [9.17, 15) is 0 Å². The fourth-order valence-electron chi connectivity index (χ4n) is 2.51. The second kappa shape index (κ2) is 4.76. The Balaban J connectivity index is 2.27. The van der Waals surface area contributed by atoms with Crippen molar-refractivity contribution in [2.24, 2.45) is 0 Å². The maximum absolute atomic E-state index is 6.10. The molecule has 19 heavy (non-hydrogen) atoms. The number of rotatable bonds is 3. The van der Waals surface area contributed by atoms with Crippen LogP contribution in [0.2, 0.25) is 0 Å². The first-order valence-corrected chi connectivity index (χ1v) is 6.62. The maximum atomic E-state index is 6.10. The van der Waals surface area contributed by atoms with Crippen LogP contribution in [0.4, 0.5) is 5.95 Å². The molecule has 0 atom stereocenters. The molecule has 0 fully saturated rings. The Hall–Kier alpha value is -2.29. The van der Waals surface area contributed by atoms with Crippen molar-refractivity contribution in [2.45, 2.75) is 19.8 Å². The van der Waals surface area contributed by atoms with E-state index in [4.69, 9.17) is 5.73 Å². The molecule has 96 valence electrons. The molecule has 3 aromatic rings. The summed E-state index contributed by atoms with van der Waals surface area (Å²) >= 11 is 0. The SMILES string of the molecule is CCCc1ccccc1-n1c(N)nc2ccccc21. The van der Waals surface area contributed by atoms with Gasteiger partial charge in [-0.15, -0.1) is 0 Å². The summed E-state index contributed by atoms with van der Waals surface area (Å²) in [7, 11) is 0. The van der Waals surface area contributed by atoms with Crippen molar-refractivity contribution in [3.63, 3.8) is 0 Å². The molecule has 0 amide bonds. The zero-order valence-corrected chi connectivity index (χ0v) is 11.0. The highest BCUT2D eigenvalue weighted by molar-refractivity contribution is 5.81. The summed E-state index contributed by atoms with van der Waals surface area (Å²) in [5.74, 6) is 0.546. The molecule has 0 bridgehead atoms. The van der Waals surface area contributed by atoms with Crippen LogP contribution in [0.15, 0.2) is 48.5 Å². The molecule has 2 aromatic carbocycles. The summed E-state index contributed by atoms with van der Waals surface area (Å²) in [6.45, 7) is 2.19. The van der Waals surface area contributed by atoms with Gasteiger partial charge < -0.3 is 5.73 Å². The van der Waals surface area contributed by atoms with Crippen molar-refractivity contribution in [3.05, 3.63) is 54.1 Å². The topological polar surface area (TPSA) is 43.8 Å². The van der Waals surface area contributed by atoms with E-state index in [2.05, 4.69) is 36.2 Å². The van der Waals surface area contributed by atoms with Gasteiger partial charge in [0.05, 0.1) is 16.7 Å². The van der Waals surface area contributed by atoms with Crippen LogP contribution >= 0.6 is 0 Å². The molecule has 0 aliphatic carbocycles. The molecule has 3 rings (SSSR count). The molecule has 0 radical (unpaired) electrons. The number of nitrogens with zero attached hydrogens (tertiary/aromatic N) is 2. The summed E-state index contributed by atoms with van der Waals surface area (Å²) in [6.07, 6.45) is 2.16. The number of imidazole rings is 1. The predicted octanol–water partition coefficient (Wildman–Crippen LogP) is 3.56. The van der Waals surface area contributed by atoms with Crippen LogP contribution in [0.5, 0.6) is 0 Å². The van der Waals surface area contributed by atoms with E-state index in [1.807, 2.05) is 28.8 Å². The Morgan fingerprint density at radius 2 is 1.79 bits per heavy atom. The van der Waals surface area contributed by atoms with Crippen molar-refractivity contribution >= 4 is 17.0 Å². The summed E-state index contributed by atoms with van der Waals surface area (Å²) in [5, 5.41) is 0. The number of hydrogen-bond acceptors (Lipinski definition) is 2. The van der Waals surface area contributed by atoms with Crippen molar-refractivity contribution in [3.8, 4) is 5.69 Å². The Bertz CT molecular complexity index is 713. The van der Waals surface area contributed by atoms with Crippen LogP contribution in [0, 0.1) is 0 Å². The normalized spacial score (nSPS) is 11.0. The number of nitrogen functional groups attached to an aromatic ring is 1. The molecular weight excluding hydrogens is 234 g/mol. The lowest BCUT2D eigenvalue weighted by Gasteiger charge is -2.11. The molecule has 0 aliphatic heterocycles. The lowest BCUT2D eigenvalue weighted by atomic mass is 10.1. The quantitative estimate of drug-likeness (QED) is 0.773. The van der Waals surface area contributed by atoms with E-state index in [0.29, 0.717) is 5.95 Å². The minimum atomic E-state index is 0.546. The van der Waals surface area contributed by atoms with Crippen molar-refractivity contribution < 1.29 is 0 Å². The fraction of sp³-hybridized carbons (Fsp3) is 0.188. The summed E-state index contributed by atoms with van der Waals surface area (Å²) in [6, 6.07) is 16.4. The molecule has 1 aromatic heterocycles. The second-order valence-corrected chi connectivity index (χ2v) is 4.67. The van der Waals surface area contributed by atoms with E-state index in [0.717, 1.165) is 29.6 Å². The zero-order valence-electron chi connectivity index (χ0n) is 11.0. The number of anilines is 1. The minimum Gasteiger partial charge on any atom is -0.369 e. The van der Waals surface area contributed by atoms with Gasteiger partial charge in [-0.1, -0.05) is 43.7 Å². The first kappa shape index (κ1) is 11.8. The first-order valence-electron chi connectivity index (χ1n) is 6.62. The molecular formula is C16H17N3. The standard InChI is InChI=1S/C16H17N3/c1-2-7-12-8-3-5-10-14(12)19-15-11-6-4-9-13(15)18-16(19)17/h3-6,8-11H,2,7H2,1H3,(H2,17,18). The van der Waals surface area contributed by atoms with Gasteiger partial charge in [-0.2, -0.15) is 0 Å². The highest BCUT2D eigenvalue weighted by atomic mass is 15.2.